The van der Waals surface area contributed by atoms with Gasteiger partial charge in [-0.3, -0.25) is 4.79 Å². The summed E-state index contributed by atoms with van der Waals surface area (Å²) in [5.74, 6) is 1.71. The van der Waals surface area contributed by atoms with E-state index in [1.807, 2.05) is 35.2 Å². The average Bonchev–Trinajstić information content (AvgIpc) is 2.73. The molecule has 1 aliphatic heterocycles. The molecule has 1 fully saturated rings. The van der Waals surface area contributed by atoms with Crippen LogP contribution in [0, 0.1) is 6.92 Å². The molecule has 0 aliphatic carbocycles. The number of benzene rings is 2. The lowest BCUT2D eigenvalue weighted by Crippen LogP contribution is -2.64. The Morgan fingerprint density at radius 3 is 2.63 bits per heavy atom. The van der Waals surface area contributed by atoms with Crippen molar-refractivity contribution < 1.29 is 9.53 Å². The zero-order valence-corrected chi connectivity index (χ0v) is 17.2. The van der Waals surface area contributed by atoms with Crippen LogP contribution in [0.25, 0.3) is 0 Å². The molecule has 8 heteroatoms. The number of hydrogen-bond acceptors (Lipinski definition) is 7. The summed E-state index contributed by atoms with van der Waals surface area (Å²) in [6, 6.07) is 15.2. The van der Waals surface area contributed by atoms with Crippen molar-refractivity contribution in [2.45, 2.75) is 19.4 Å². The first kappa shape index (κ1) is 19.6. The first-order chi connectivity index (χ1) is 14.4. The van der Waals surface area contributed by atoms with Crippen molar-refractivity contribution in [2.24, 2.45) is 0 Å². The van der Waals surface area contributed by atoms with Gasteiger partial charge in [-0.05, 0) is 44.2 Å². The topological polar surface area (TPSA) is 92.3 Å². The van der Waals surface area contributed by atoms with E-state index in [0.717, 1.165) is 11.4 Å². The molecule has 1 amide bonds. The van der Waals surface area contributed by atoms with Gasteiger partial charge in [-0.1, -0.05) is 23.8 Å². The second-order valence-electron chi connectivity index (χ2n) is 7.62. The second-order valence-corrected chi connectivity index (χ2v) is 7.62. The van der Waals surface area contributed by atoms with Crippen LogP contribution < -0.4 is 20.3 Å². The third-order valence-corrected chi connectivity index (χ3v) is 4.89. The Hall–Kier alpha value is -3.68. The van der Waals surface area contributed by atoms with Crippen molar-refractivity contribution in [1.82, 2.24) is 20.3 Å². The minimum Gasteiger partial charge on any atom is -0.484 e. The first-order valence-electron chi connectivity index (χ1n) is 9.73. The molecule has 1 aliphatic rings. The van der Waals surface area contributed by atoms with Gasteiger partial charge in [0.15, 0.2) is 0 Å². The molecule has 8 nitrogen and oxygen atoms in total. The highest BCUT2D eigenvalue weighted by molar-refractivity contribution is 5.95. The molecule has 154 valence electrons. The molecule has 2 aromatic carbocycles. The molecule has 0 saturated carbocycles. The van der Waals surface area contributed by atoms with Crippen molar-refractivity contribution in [3.8, 4) is 5.75 Å². The molecule has 4 rings (SSSR count). The molecule has 0 bridgehead atoms. The molecular formula is C22H24N6O2. The summed E-state index contributed by atoms with van der Waals surface area (Å²) in [5.41, 5.74) is 2.19. The summed E-state index contributed by atoms with van der Waals surface area (Å²) < 4.78 is 6.15. The molecule has 1 saturated heterocycles. The number of aryl methyl sites for hydroxylation is 1. The lowest BCUT2D eigenvalue weighted by Gasteiger charge is -2.47. The van der Waals surface area contributed by atoms with E-state index >= 15 is 0 Å². The maximum Gasteiger partial charge on any atom is 0.251 e. The molecule has 30 heavy (non-hydrogen) atoms. The second kappa shape index (κ2) is 7.98. The van der Waals surface area contributed by atoms with E-state index in [0.29, 0.717) is 30.5 Å². The molecule has 3 aromatic rings. The molecular weight excluding hydrogens is 380 g/mol. The Morgan fingerprint density at radius 1 is 1.13 bits per heavy atom. The lowest BCUT2D eigenvalue weighted by molar-refractivity contribution is 0.0568. The van der Waals surface area contributed by atoms with Gasteiger partial charge in [-0.15, -0.1) is 0 Å². The summed E-state index contributed by atoms with van der Waals surface area (Å²) in [4.78, 5) is 26.8. The molecule has 2 N–H and O–H groups in total. The zero-order chi connectivity index (χ0) is 21.1. The molecule has 1 aromatic heterocycles. The number of carbonyl (C=O) groups excluding carboxylic acids is 1. The van der Waals surface area contributed by atoms with E-state index < -0.39 is 0 Å². The van der Waals surface area contributed by atoms with E-state index in [1.165, 1.54) is 11.9 Å². The van der Waals surface area contributed by atoms with Crippen molar-refractivity contribution in [3.05, 3.63) is 66.0 Å². The van der Waals surface area contributed by atoms with Gasteiger partial charge in [0.25, 0.3) is 5.91 Å². The van der Waals surface area contributed by atoms with Gasteiger partial charge < -0.3 is 20.3 Å². The van der Waals surface area contributed by atoms with Gasteiger partial charge in [-0.25, -0.2) is 9.97 Å². The van der Waals surface area contributed by atoms with Crippen LogP contribution in [0.1, 0.15) is 22.8 Å². The van der Waals surface area contributed by atoms with E-state index in [2.05, 4.69) is 39.4 Å². The number of nitrogens with one attached hydrogen (secondary N) is 2. The van der Waals surface area contributed by atoms with Crippen molar-refractivity contribution in [3.63, 3.8) is 0 Å². The Labute approximate surface area is 175 Å². The number of nitrogens with zero attached hydrogens (tertiary/aromatic N) is 4. The third-order valence-electron chi connectivity index (χ3n) is 4.89. The number of hydrogen-bond donors (Lipinski definition) is 2. The summed E-state index contributed by atoms with van der Waals surface area (Å²) >= 11 is 0. The summed E-state index contributed by atoms with van der Waals surface area (Å²) in [6.45, 7) is 5.48. The highest BCUT2D eigenvalue weighted by Gasteiger charge is 2.42. The number of carbonyl (C=O) groups is 1. The van der Waals surface area contributed by atoms with E-state index in [4.69, 9.17) is 4.74 Å². The summed E-state index contributed by atoms with van der Waals surface area (Å²) in [6.07, 6.45) is 1.48. The van der Waals surface area contributed by atoms with Crippen molar-refractivity contribution in [1.29, 1.82) is 0 Å². The Balaban J connectivity index is 1.41. The number of ether oxygens (including phenoxy) is 1. The third kappa shape index (κ3) is 4.32. The molecule has 0 spiro atoms. The number of anilines is 3. The van der Waals surface area contributed by atoms with Crippen LogP contribution in [0.15, 0.2) is 54.9 Å². The van der Waals surface area contributed by atoms with Crippen LogP contribution in [-0.4, -0.2) is 46.6 Å². The molecule has 0 unspecified atom stereocenters. The standard InChI is InChI=1S/C22H24N6O2/c1-15-7-9-18(10-8-15)30-22(2)12-28(13-22)21-25-14-24-20(27-21)26-17-6-4-5-16(11-17)19(29)23-3/h4-11,14H,12-13H2,1-3H3,(H,23,29)(H,24,25,26,27). The highest BCUT2D eigenvalue weighted by atomic mass is 16.5. The van der Waals surface area contributed by atoms with Crippen LogP contribution in [-0.2, 0) is 0 Å². The summed E-state index contributed by atoms with van der Waals surface area (Å²) in [7, 11) is 1.60. The predicted molar refractivity (Wildman–Crippen MR) is 115 cm³/mol. The van der Waals surface area contributed by atoms with Crippen LogP contribution in [0.4, 0.5) is 17.6 Å². The maximum atomic E-state index is 11.8. The van der Waals surface area contributed by atoms with Crippen LogP contribution in [0.5, 0.6) is 5.75 Å². The highest BCUT2D eigenvalue weighted by Crippen LogP contribution is 2.30. The smallest absolute Gasteiger partial charge is 0.251 e. The average molecular weight is 404 g/mol. The van der Waals surface area contributed by atoms with Gasteiger partial charge in [0.1, 0.15) is 17.7 Å². The van der Waals surface area contributed by atoms with Gasteiger partial charge in [-0.2, -0.15) is 4.98 Å². The van der Waals surface area contributed by atoms with Gasteiger partial charge in [0.2, 0.25) is 11.9 Å². The zero-order valence-electron chi connectivity index (χ0n) is 17.2. The first-order valence-corrected chi connectivity index (χ1v) is 9.73. The summed E-state index contributed by atoms with van der Waals surface area (Å²) in [5, 5.41) is 5.75. The fraction of sp³-hybridized carbons (Fsp3) is 0.273. The Bertz CT molecular complexity index is 1050. The number of aromatic nitrogens is 3. The maximum absolute atomic E-state index is 11.8. The van der Waals surface area contributed by atoms with E-state index in [9.17, 15) is 4.79 Å². The monoisotopic (exact) mass is 404 g/mol. The van der Waals surface area contributed by atoms with Crippen LogP contribution in [0.3, 0.4) is 0 Å². The van der Waals surface area contributed by atoms with Crippen LogP contribution in [0.2, 0.25) is 0 Å². The Kier molecular flexibility index (Phi) is 5.22. The normalized spacial score (nSPS) is 14.6. The van der Waals surface area contributed by atoms with Crippen LogP contribution >= 0.6 is 0 Å². The minimum absolute atomic E-state index is 0.150. The quantitative estimate of drug-likeness (QED) is 0.652. The van der Waals surface area contributed by atoms with E-state index in [-0.39, 0.29) is 11.5 Å². The largest absolute Gasteiger partial charge is 0.484 e. The fourth-order valence-electron chi connectivity index (χ4n) is 3.37. The molecule has 2 heterocycles. The van der Waals surface area contributed by atoms with Crippen molar-refractivity contribution in [2.75, 3.05) is 30.4 Å². The predicted octanol–water partition coefficient (Wildman–Crippen LogP) is 2.94. The number of rotatable bonds is 6. The minimum atomic E-state index is -0.294. The molecule has 0 atom stereocenters. The SMILES string of the molecule is CNC(=O)c1cccc(Nc2ncnc(N3CC(C)(Oc4ccc(C)cc4)C3)n2)c1. The fourth-order valence-corrected chi connectivity index (χ4v) is 3.37. The lowest BCUT2D eigenvalue weighted by atomic mass is 9.97. The van der Waals surface area contributed by atoms with Gasteiger partial charge >= 0.3 is 0 Å². The number of amides is 1. The van der Waals surface area contributed by atoms with Gasteiger partial charge in [0, 0.05) is 18.3 Å². The Morgan fingerprint density at radius 2 is 1.90 bits per heavy atom. The van der Waals surface area contributed by atoms with E-state index in [1.54, 1.807) is 25.2 Å². The van der Waals surface area contributed by atoms with Crippen molar-refractivity contribution >= 4 is 23.5 Å². The molecule has 0 radical (unpaired) electrons. The van der Waals surface area contributed by atoms with Gasteiger partial charge in [0.05, 0.1) is 13.1 Å².